The van der Waals surface area contributed by atoms with Crippen LogP contribution in [0.15, 0.2) is 24.3 Å². The molecule has 2 rings (SSSR count). The van der Waals surface area contributed by atoms with Gasteiger partial charge in [-0.2, -0.15) is 0 Å². The Labute approximate surface area is 112 Å². The number of rotatable bonds is 5. The smallest absolute Gasteiger partial charge is 0.243 e. The molecule has 2 N–H and O–H groups in total. The molecule has 1 aliphatic rings. The van der Waals surface area contributed by atoms with Crippen LogP contribution in [0.5, 0.6) is 0 Å². The van der Waals surface area contributed by atoms with E-state index in [1.807, 2.05) is 24.3 Å². The normalized spacial score (nSPS) is 17.5. The summed E-state index contributed by atoms with van der Waals surface area (Å²) < 4.78 is 0. The van der Waals surface area contributed by atoms with Crippen molar-refractivity contribution in [2.45, 2.75) is 26.2 Å². The van der Waals surface area contributed by atoms with Crippen LogP contribution in [0.3, 0.4) is 0 Å². The van der Waals surface area contributed by atoms with E-state index < -0.39 is 0 Å². The Balaban J connectivity index is 1.89. The molecule has 2 amide bonds. The van der Waals surface area contributed by atoms with E-state index in [-0.39, 0.29) is 17.7 Å². The molecule has 102 valence electrons. The van der Waals surface area contributed by atoms with Crippen LogP contribution >= 0.6 is 0 Å². The highest BCUT2D eigenvalue weighted by Gasteiger charge is 2.26. The number of para-hydroxylation sites is 1. The lowest BCUT2D eigenvalue weighted by Gasteiger charge is -2.24. The average Bonchev–Trinajstić information content (AvgIpc) is 2.42. The first-order chi connectivity index (χ1) is 9.20. The highest BCUT2D eigenvalue weighted by molar-refractivity contribution is 5.95. The molecule has 1 atom stereocenters. The number of carbonyl (C=O) groups is 2. The molecule has 0 spiro atoms. The molecule has 0 radical (unpaired) electrons. The Morgan fingerprint density at radius 3 is 3.05 bits per heavy atom. The molecule has 0 saturated carbocycles. The van der Waals surface area contributed by atoms with Crippen LogP contribution in [0, 0.1) is 5.92 Å². The summed E-state index contributed by atoms with van der Waals surface area (Å²) in [6.45, 7) is 2.23. The number of benzene rings is 1. The molecule has 0 aromatic heterocycles. The van der Waals surface area contributed by atoms with Crippen LogP contribution in [-0.2, 0) is 20.8 Å². The van der Waals surface area contributed by atoms with Crippen molar-refractivity contribution in [1.82, 2.24) is 5.48 Å². The van der Waals surface area contributed by atoms with Gasteiger partial charge in [0.2, 0.25) is 11.8 Å². The van der Waals surface area contributed by atoms with Gasteiger partial charge < -0.3 is 5.32 Å². The molecule has 19 heavy (non-hydrogen) atoms. The van der Waals surface area contributed by atoms with Crippen molar-refractivity contribution in [3.63, 3.8) is 0 Å². The molecule has 0 bridgehead atoms. The van der Waals surface area contributed by atoms with Crippen molar-refractivity contribution >= 4 is 17.5 Å². The highest BCUT2D eigenvalue weighted by Crippen LogP contribution is 2.27. The standard InChI is InChI=1S/C14H18N2O3/c1-2-19-16-13(17)8-7-11-9-10-5-3-4-6-12(10)15-14(11)18/h3-6,11H,2,7-9H2,1H3,(H,15,18)(H,16,17)/t11-/m0/s1. The predicted octanol–water partition coefficient (Wildman–Crippen LogP) is 1.65. The summed E-state index contributed by atoms with van der Waals surface area (Å²) in [5, 5.41) is 2.87. The zero-order valence-corrected chi connectivity index (χ0v) is 10.9. The fourth-order valence-corrected chi connectivity index (χ4v) is 2.16. The van der Waals surface area contributed by atoms with Gasteiger partial charge in [-0.15, -0.1) is 0 Å². The number of anilines is 1. The first-order valence-corrected chi connectivity index (χ1v) is 6.50. The monoisotopic (exact) mass is 262 g/mol. The van der Waals surface area contributed by atoms with Gasteiger partial charge in [-0.1, -0.05) is 18.2 Å². The van der Waals surface area contributed by atoms with Gasteiger partial charge in [0.05, 0.1) is 6.61 Å². The minimum atomic E-state index is -0.187. The maximum Gasteiger partial charge on any atom is 0.243 e. The molecule has 5 nitrogen and oxygen atoms in total. The second-order valence-electron chi connectivity index (χ2n) is 4.54. The van der Waals surface area contributed by atoms with E-state index in [4.69, 9.17) is 4.84 Å². The Kier molecular flexibility index (Phi) is 4.52. The minimum absolute atomic E-state index is 0.0112. The van der Waals surface area contributed by atoms with Gasteiger partial charge in [-0.25, -0.2) is 5.48 Å². The Morgan fingerprint density at radius 1 is 1.47 bits per heavy atom. The average molecular weight is 262 g/mol. The number of hydroxylamine groups is 1. The topological polar surface area (TPSA) is 67.4 Å². The van der Waals surface area contributed by atoms with Gasteiger partial charge in [0.1, 0.15) is 0 Å². The molecule has 1 aliphatic heterocycles. The third-order valence-corrected chi connectivity index (χ3v) is 3.16. The van der Waals surface area contributed by atoms with Crippen LogP contribution in [0.25, 0.3) is 0 Å². The number of hydrogen-bond donors (Lipinski definition) is 2. The van der Waals surface area contributed by atoms with Crippen LogP contribution < -0.4 is 10.8 Å². The van der Waals surface area contributed by atoms with Crippen molar-refractivity contribution in [3.05, 3.63) is 29.8 Å². The highest BCUT2D eigenvalue weighted by atomic mass is 16.6. The molecule has 0 saturated heterocycles. The molecule has 0 aliphatic carbocycles. The molecule has 1 aromatic rings. The van der Waals surface area contributed by atoms with Gasteiger partial charge in [0, 0.05) is 18.0 Å². The van der Waals surface area contributed by atoms with Crippen LogP contribution in [-0.4, -0.2) is 18.4 Å². The summed E-state index contributed by atoms with van der Waals surface area (Å²) in [7, 11) is 0. The fraction of sp³-hybridized carbons (Fsp3) is 0.429. The van der Waals surface area contributed by atoms with Gasteiger partial charge in [0.15, 0.2) is 0 Å². The first kappa shape index (κ1) is 13.5. The van der Waals surface area contributed by atoms with Crippen molar-refractivity contribution in [2.24, 2.45) is 5.92 Å². The summed E-state index contributed by atoms with van der Waals surface area (Å²) in [5.41, 5.74) is 4.34. The summed E-state index contributed by atoms with van der Waals surface area (Å²) in [4.78, 5) is 28.2. The molecule has 1 heterocycles. The number of fused-ring (bicyclic) bond motifs is 1. The zero-order valence-electron chi connectivity index (χ0n) is 10.9. The second-order valence-corrected chi connectivity index (χ2v) is 4.54. The molecule has 0 fully saturated rings. The van der Waals surface area contributed by atoms with Crippen LogP contribution in [0.1, 0.15) is 25.3 Å². The van der Waals surface area contributed by atoms with E-state index >= 15 is 0 Å². The summed E-state index contributed by atoms with van der Waals surface area (Å²) in [6, 6.07) is 7.75. The number of carbonyl (C=O) groups excluding carboxylic acids is 2. The van der Waals surface area contributed by atoms with Crippen LogP contribution in [0.2, 0.25) is 0 Å². The van der Waals surface area contributed by atoms with Crippen molar-refractivity contribution in [2.75, 3.05) is 11.9 Å². The van der Waals surface area contributed by atoms with E-state index in [0.29, 0.717) is 25.9 Å². The molecular weight excluding hydrogens is 244 g/mol. The zero-order chi connectivity index (χ0) is 13.7. The SMILES string of the molecule is CCONC(=O)CC[C@H]1Cc2ccccc2NC1=O. The largest absolute Gasteiger partial charge is 0.326 e. The van der Waals surface area contributed by atoms with E-state index in [1.165, 1.54) is 0 Å². The van der Waals surface area contributed by atoms with Crippen molar-refractivity contribution in [1.29, 1.82) is 0 Å². The van der Waals surface area contributed by atoms with Gasteiger partial charge >= 0.3 is 0 Å². The van der Waals surface area contributed by atoms with Gasteiger partial charge in [0.25, 0.3) is 0 Å². The van der Waals surface area contributed by atoms with E-state index in [1.54, 1.807) is 6.92 Å². The van der Waals surface area contributed by atoms with Crippen LogP contribution in [0.4, 0.5) is 5.69 Å². The fourth-order valence-electron chi connectivity index (χ4n) is 2.16. The number of hydrogen-bond acceptors (Lipinski definition) is 3. The Morgan fingerprint density at radius 2 is 2.26 bits per heavy atom. The van der Waals surface area contributed by atoms with Gasteiger partial charge in [-0.3, -0.25) is 14.4 Å². The van der Waals surface area contributed by atoms with E-state index in [0.717, 1.165) is 11.3 Å². The maximum atomic E-state index is 11.9. The lowest BCUT2D eigenvalue weighted by Crippen LogP contribution is -2.31. The molecule has 5 heteroatoms. The lowest BCUT2D eigenvalue weighted by molar-refractivity contribution is -0.133. The maximum absolute atomic E-state index is 11.9. The van der Waals surface area contributed by atoms with Crippen molar-refractivity contribution in [3.8, 4) is 0 Å². The Bertz CT molecular complexity index is 474. The van der Waals surface area contributed by atoms with E-state index in [9.17, 15) is 9.59 Å². The third kappa shape index (κ3) is 3.54. The Hall–Kier alpha value is -1.88. The summed E-state index contributed by atoms with van der Waals surface area (Å²) in [5.74, 6) is -0.348. The predicted molar refractivity (Wildman–Crippen MR) is 71.3 cm³/mol. The summed E-state index contributed by atoms with van der Waals surface area (Å²) in [6.07, 6.45) is 1.50. The van der Waals surface area contributed by atoms with Crippen molar-refractivity contribution < 1.29 is 14.4 Å². The third-order valence-electron chi connectivity index (χ3n) is 3.16. The molecule has 0 unspecified atom stereocenters. The minimum Gasteiger partial charge on any atom is -0.326 e. The first-order valence-electron chi connectivity index (χ1n) is 6.50. The lowest BCUT2D eigenvalue weighted by atomic mass is 9.90. The summed E-state index contributed by atoms with van der Waals surface area (Å²) >= 11 is 0. The number of amides is 2. The molecular formula is C14H18N2O3. The van der Waals surface area contributed by atoms with E-state index in [2.05, 4.69) is 10.8 Å². The quantitative estimate of drug-likeness (QED) is 0.793. The van der Waals surface area contributed by atoms with Gasteiger partial charge in [-0.05, 0) is 31.4 Å². The number of nitrogens with one attached hydrogen (secondary N) is 2. The second kappa shape index (κ2) is 6.33. The molecule has 1 aromatic carbocycles.